The Kier molecular flexibility index (Phi) is 2.94. The topological polar surface area (TPSA) is 12.4 Å². The van der Waals surface area contributed by atoms with Crippen molar-refractivity contribution in [3.8, 4) is 0 Å². The van der Waals surface area contributed by atoms with Gasteiger partial charge in [-0.15, -0.1) is 0 Å². The molecule has 4 aliphatic rings. The Morgan fingerprint density at radius 2 is 1.63 bits per heavy atom. The van der Waals surface area contributed by atoms with Crippen LogP contribution in [0.15, 0.2) is 29.3 Å². The minimum absolute atomic E-state index is 0.648. The van der Waals surface area contributed by atoms with Crippen LogP contribution in [0.5, 0.6) is 0 Å². The first-order valence-corrected chi connectivity index (χ1v) is 8.07. The maximum Gasteiger partial charge on any atom is 0.0499 e. The predicted molar refractivity (Wildman–Crippen MR) is 80.1 cm³/mol. The molecule has 0 saturated heterocycles. The lowest BCUT2D eigenvalue weighted by Gasteiger charge is -2.40. The SMILES string of the molecule is c1ccc2c(c1)C1CCC2C(=NC2CCCCC2)C1. The lowest BCUT2D eigenvalue weighted by Crippen LogP contribution is -2.31. The second kappa shape index (κ2) is 4.77. The van der Waals surface area contributed by atoms with Crippen LogP contribution in [0.2, 0.25) is 0 Å². The Bertz CT molecular complexity index is 496. The van der Waals surface area contributed by atoms with Crippen LogP contribution < -0.4 is 0 Å². The summed E-state index contributed by atoms with van der Waals surface area (Å²) < 4.78 is 0. The van der Waals surface area contributed by atoms with Crippen molar-refractivity contribution >= 4 is 5.71 Å². The van der Waals surface area contributed by atoms with E-state index in [1.54, 1.807) is 16.8 Å². The van der Waals surface area contributed by atoms with E-state index in [-0.39, 0.29) is 0 Å². The maximum atomic E-state index is 5.19. The van der Waals surface area contributed by atoms with Crippen molar-refractivity contribution in [2.75, 3.05) is 0 Å². The Hall–Kier alpha value is -1.11. The lowest BCUT2D eigenvalue weighted by molar-refractivity contribution is 0.433. The molecule has 0 heterocycles. The number of hydrogen-bond acceptors (Lipinski definition) is 1. The molecule has 19 heavy (non-hydrogen) atoms. The van der Waals surface area contributed by atoms with Gasteiger partial charge in [0.05, 0.1) is 0 Å². The Labute approximate surface area is 116 Å². The first-order valence-electron chi connectivity index (χ1n) is 8.07. The quantitative estimate of drug-likeness (QED) is 0.680. The molecule has 2 atom stereocenters. The molecule has 0 N–H and O–H groups in total. The van der Waals surface area contributed by atoms with Crippen LogP contribution in [-0.4, -0.2) is 11.8 Å². The normalized spacial score (nSPS) is 32.5. The van der Waals surface area contributed by atoms with Crippen LogP contribution >= 0.6 is 0 Å². The van der Waals surface area contributed by atoms with E-state index in [0.717, 1.165) is 5.92 Å². The van der Waals surface area contributed by atoms with Gasteiger partial charge >= 0.3 is 0 Å². The van der Waals surface area contributed by atoms with Crippen LogP contribution in [0.3, 0.4) is 0 Å². The van der Waals surface area contributed by atoms with Gasteiger partial charge in [-0.05, 0) is 49.1 Å². The predicted octanol–water partition coefficient (Wildman–Crippen LogP) is 4.83. The van der Waals surface area contributed by atoms with Gasteiger partial charge in [0.2, 0.25) is 0 Å². The molecule has 0 aliphatic heterocycles. The minimum Gasteiger partial charge on any atom is -0.290 e. The van der Waals surface area contributed by atoms with Gasteiger partial charge < -0.3 is 0 Å². The van der Waals surface area contributed by atoms with Gasteiger partial charge in [-0.3, -0.25) is 4.99 Å². The van der Waals surface area contributed by atoms with Crippen molar-refractivity contribution in [1.82, 2.24) is 0 Å². The fraction of sp³-hybridized carbons (Fsp3) is 0.611. The Morgan fingerprint density at radius 1 is 0.842 bits per heavy atom. The monoisotopic (exact) mass is 253 g/mol. The van der Waals surface area contributed by atoms with Gasteiger partial charge in [0.15, 0.2) is 0 Å². The molecule has 2 saturated carbocycles. The highest BCUT2D eigenvalue weighted by atomic mass is 14.8. The Morgan fingerprint density at radius 3 is 2.47 bits per heavy atom. The van der Waals surface area contributed by atoms with E-state index >= 15 is 0 Å². The van der Waals surface area contributed by atoms with Crippen molar-refractivity contribution in [1.29, 1.82) is 0 Å². The van der Waals surface area contributed by atoms with Gasteiger partial charge in [-0.25, -0.2) is 0 Å². The number of rotatable bonds is 1. The molecule has 100 valence electrons. The summed E-state index contributed by atoms with van der Waals surface area (Å²) in [5.74, 6) is 1.42. The van der Waals surface area contributed by atoms with E-state index in [9.17, 15) is 0 Å². The van der Waals surface area contributed by atoms with Crippen LogP contribution in [-0.2, 0) is 0 Å². The Balaban J connectivity index is 1.65. The zero-order valence-corrected chi connectivity index (χ0v) is 11.6. The third-order valence-electron chi connectivity index (χ3n) is 5.40. The fourth-order valence-corrected chi connectivity index (χ4v) is 4.42. The average molecular weight is 253 g/mol. The van der Waals surface area contributed by atoms with Crippen molar-refractivity contribution in [3.63, 3.8) is 0 Å². The summed E-state index contributed by atoms with van der Waals surface area (Å²) in [6, 6.07) is 9.76. The van der Waals surface area contributed by atoms with E-state index in [1.807, 2.05) is 0 Å². The zero-order valence-electron chi connectivity index (χ0n) is 11.6. The van der Waals surface area contributed by atoms with Crippen LogP contribution in [0.4, 0.5) is 0 Å². The second-order valence-electron chi connectivity index (χ2n) is 6.57. The summed E-state index contributed by atoms with van der Waals surface area (Å²) in [5.41, 5.74) is 4.77. The molecule has 4 aliphatic carbocycles. The first-order chi connectivity index (χ1) is 9.42. The minimum atomic E-state index is 0.648. The fourth-order valence-electron chi connectivity index (χ4n) is 4.42. The van der Waals surface area contributed by atoms with Gasteiger partial charge in [0.1, 0.15) is 0 Å². The lowest BCUT2D eigenvalue weighted by atomic mass is 9.66. The summed E-state index contributed by atoms with van der Waals surface area (Å²) >= 11 is 0. The van der Waals surface area contributed by atoms with E-state index in [4.69, 9.17) is 4.99 Å². The molecule has 0 aromatic heterocycles. The number of aliphatic imine (C=N–C) groups is 1. The standard InChI is InChI=1S/C18H23N/c1-2-6-14(7-3-1)19-18-12-13-10-11-17(18)16-9-5-4-8-15(13)16/h4-5,8-9,13-14,17H,1-3,6-7,10-12H2. The summed E-state index contributed by atoms with van der Waals surface area (Å²) in [6.45, 7) is 0. The molecule has 1 aromatic rings. The van der Waals surface area contributed by atoms with E-state index in [1.165, 1.54) is 51.4 Å². The molecule has 0 amide bonds. The van der Waals surface area contributed by atoms with E-state index in [2.05, 4.69) is 24.3 Å². The highest BCUT2D eigenvalue weighted by molar-refractivity contribution is 5.94. The van der Waals surface area contributed by atoms with Crippen LogP contribution in [0.1, 0.15) is 74.3 Å². The van der Waals surface area contributed by atoms with Crippen molar-refractivity contribution < 1.29 is 0 Å². The first kappa shape index (κ1) is 11.7. The van der Waals surface area contributed by atoms with Crippen LogP contribution in [0, 0.1) is 0 Å². The zero-order chi connectivity index (χ0) is 12.7. The van der Waals surface area contributed by atoms with Crippen LogP contribution in [0.25, 0.3) is 0 Å². The van der Waals surface area contributed by atoms with Gasteiger partial charge in [0, 0.05) is 17.7 Å². The van der Waals surface area contributed by atoms with Gasteiger partial charge in [-0.2, -0.15) is 0 Å². The van der Waals surface area contributed by atoms with Gasteiger partial charge in [-0.1, -0.05) is 43.5 Å². The molecule has 0 spiro atoms. The number of hydrogen-bond donors (Lipinski definition) is 0. The second-order valence-corrected chi connectivity index (χ2v) is 6.57. The average Bonchev–Trinajstić information content (AvgIpc) is 2.49. The van der Waals surface area contributed by atoms with Crippen molar-refractivity contribution in [2.45, 2.75) is 69.2 Å². The molecular weight excluding hydrogens is 230 g/mol. The third kappa shape index (κ3) is 2.04. The van der Waals surface area contributed by atoms with E-state index in [0.29, 0.717) is 12.0 Å². The molecule has 1 aromatic carbocycles. The summed E-state index contributed by atoms with van der Waals surface area (Å²) in [4.78, 5) is 5.19. The summed E-state index contributed by atoms with van der Waals surface area (Å²) in [5, 5.41) is 0. The molecule has 1 heteroatoms. The maximum absolute atomic E-state index is 5.19. The number of nitrogens with zero attached hydrogens (tertiary/aromatic N) is 1. The van der Waals surface area contributed by atoms with Crippen molar-refractivity contribution in [3.05, 3.63) is 35.4 Å². The highest BCUT2D eigenvalue weighted by Crippen LogP contribution is 2.48. The number of benzene rings is 1. The molecule has 1 nitrogen and oxygen atoms in total. The summed E-state index contributed by atoms with van der Waals surface area (Å²) in [7, 11) is 0. The smallest absolute Gasteiger partial charge is 0.0499 e. The van der Waals surface area contributed by atoms with Crippen molar-refractivity contribution in [2.24, 2.45) is 4.99 Å². The third-order valence-corrected chi connectivity index (χ3v) is 5.40. The van der Waals surface area contributed by atoms with Gasteiger partial charge in [0.25, 0.3) is 0 Å². The van der Waals surface area contributed by atoms with E-state index < -0.39 is 0 Å². The molecule has 2 unspecified atom stereocenters. The molecule has 2 fully saturated rings. The molecular formula is C18H23N. The number of fused-ring (bicyclic) bond motifs is 2. The molecule has 5 rings (SSSR count). The summed E-state index contributed by atoms with van der Waals surface area (Å²) in [6.07, 6.45) is 10.9. The molecule has 0 radical (unpaired) electrons. The largest absolute Gasteiger partial charge is 0.290 e. The molecule has 2 bridgehead atoms. The highest BCUT2D eigenvalue weighted by Gasteiger charge is 2.37.